The van der Waals surface area contributed by atoms with Gasteiger partial charge in [0.25, 0.3) is 5.91 Å². The molecule has 1 aliphatic rings. The fraction of sp³-hybridized carbons (Fsp3) is 0.238. The topological polar surface area (TPSA) is 45.2 Å². The van der Waals surface area contributed by atoms with Crippen LogP contribution in [0, 0.1) is 11.6 Å². The molecule has 1 amide bonds. The van der Waals surface area contributed by atoms with Crippen LogP contribution >= 0.6 is 15.9 Å². The van der Waals surface area contributed by atoms with Gasteiger partial charge in [-0.05, 0) is 67.9 Å². The summed E-state index contributed by atoms with van der Waals surface area (Å²) in [5, 5.41) is 3.10. The second kappa shape index (κ2) is 7.93. The Kier molecular flexibility index (Phi) is 5.37. The Bertz CT molecular complexity index is 1050. The highest BCUT2D eigenvalue weighted by Crippen LogP contribution is 2.25. The molecule has 4 nitrogen and oxygen atoms in total. The van der Waals surface area contributed by atoms with E-state index in [1.54, 1.807) is 12.3 Å². The molecule has 0 atom stereocenters. The van der Waals surface area contributed by atoms with Crippen molar-refractivity contribution < 1.29 is 13.6 Å². The third-order valence-corrected chi connectivity index (χ3v) is 5.35. The number of pyridine rings is 1. The lowest BCUT2D eigenvalue weighted by Gasteiger charge is -2.15. The van der Waals surface area contributed by atoms with Crippen LogP contribution in [0.2, 0.25) is 0 Å². The lowest BCUT2D eigenvalue weighted by atomic mass is 10.1. The Morgan fingerprint density at radius 2 is 1.89 bits per heavy atom. The van der Waals surface area contributed by atoms with Crippen molar-refractivity contribution in [3.05, 3.63) is 69.8 Å². The number of rotatable bonds is 4. The molecule has 4 rings (SSSR count). The highest BCUT2D eigenvalue weighted by Gasteiger charge is 2.16. The summed E-state index contributed by atoms with van der Waals surface area (Å²) in [5.41, 5.74) is 1.41. The molecule has 0 spiro atoms. The minimum Gasteiger partial charge on any atom is -0.319 e. The molecule has 2 aromatic carbocycles. The minimum absolute atomic E-state index is 0.0281. The Hall–Kier alpha value is -2.38. The number of nitrogens with zero attached hydrogens (tertiary/aromatic N) is 2. The van der Waals surface area contributed by atoms with Crippen molar-refractivity contribution in [2.24, 2.45) is 0 Å². The third kappa shape index (κ3) is 4.05. The number of carbonyl (C=O) groups is 1. The van der Waals surface area contributed by atoms with Crippen LogP contribution < -0.4 is 5.32 Å². The molecule has 144 valence electrons. The van der Waals surface area contributed by atoms with Crippen LogP contribution in [0.5, 0.6) is 0 Å². The lowest BCUT2D eigenvalue weighted by Crippen LogP contribution is -2.18. The van der Waals surface area contributed by atoms with Gasteiger partial charge in [0, 0.05) is 22.6 Å². The Morgan fingerprint density at radius 1 is 1.11 bits per heavy atom. The zero-order valence-electron chi connectivity index (χ0n) is 15.0. The van der Waals surface area contributed by atoms with Crippen LogP contribution in [0.1, 0.15) is 28.8 Å². The largest absolute Gasteiger partial charge is 0.319 e. The van der Waals surface area contributed by atoms with Gasteiger partial charge < -0.3 is 5.32 Å². The van der Waals surface area contributed by atoms with Crippen LogP contribution in [0.3, 0.4) is 0 Å². The molecule has 28 heavy (non-hydrogen) atoms. The molecule has 1 N–H and O–H groups in total. The molecule has 0 radical (unpaired) electrons. The number of amides is 1. The average molecular weight is 446 g/mol. The van der Waals surface area contributed by atoms with Gasteiger partial charge in [-0.3, -0.25) is 14.7 Å². The number of halogens is 3. The van der Waals surface area contributed by atoms with Crippen molar-refractivity contribution in [1.29, 1.82) is 0 Å². The van der Waals surface area contributed by atoms with E-state index in [4.69, 9.17) is 0 Å². The molecule has 1 saturated heterocycles. The number of aromatic nitrogens is 1. The van der Waals surface area contributed by atoms with E-state index in [9.17, 15) is 13.6 Å². The molecule has 3 aromatic rings. The molecule has 0 aliphatic carbocycles. The predicted octanol–water partition coefficient (Wildman–Crippen LogP) is 5.12. The van der Waals surface area contributed by atoms with Crippen molar-refractivity contribution in [3.8, 4) is 0 Å². The number of hydrogen-bond acceptors (Lipinski definition) is 3. The first kappa shape index (κ1) is 19.0. The molecule has 0 saturated carbocycles. The Labute approximate surface area is 169 Å². The van der Waals surface area contributed by atoms with Crippen LogP contribution in [0.25, 0.3) is 10.9 Å². The zero-order valence-corrected chi connectivity index (χ0v) is 16.6. The van der Waals surface area contributed by atoms with Crippen LogP contribution in [0.4, 0.5) is 14.5 Å². The first-order valence-corrected chi connectivity index (χ1v) is 9.86. The fourth-order valence-electron chi connectivity index (χ4n) is 3.44. The van der Waals surface area contributed by atoms with Gasteiger partial charge in [-0.1, -0.05) is 15.9 Å². The highest BCUT2D eigenvalue weighted by molar-refractivity contribution is 9.10. The lowest BCUT2D eigenvalue weighted by molar-refractivity contribution is 0.102. The van der Waals surface area contributed by atoms with Crippen molar-refractivity contribution in [3.63, 3.8) is 0 Å². The predicted molar refractivity (Wildman–Crippen MR) is 108 cm³/mol. The van der Waals surface area contributed by atoms with E-state index in [0.29, 0.717) is 15.4 Å². The van der Waals surface area contributed by atoms with Gasteiger partial charge in [-0.15, -0.1) is 0 Å². The van der Waals surface area contributed by atoms with E-state index in [1.165, 1.54) is 37.1 Å². The molecule has 7 heteroatoms. The van der Waals surface area contributed by atoms with Crippen LogP contribution in [-0.4, -0.2) is 28.9 Å². The molecular weight excluding hydrogens is 428 g/mol. The van der Waals surface area contributed by atoms with Gasteiger partial charge in [0.05, 0.1) is 16.8 Å². The number of benzene rings is 2. The smallest absolute Gasteiger partial charge is 0.258 e. The van der Waals surface area contributed by atoms with E-state index in [-0.39, 0.29) is 11.3 Å². The maximum Gasteiger partial charge on any atom is 0.258 e. The van der Waals surface area contributed by atoms with Gasteiger partial charge >= 0.3 is 0 Å². The van der Waals surface area contributed by atoms with Gasteiger partial charge in [0.2, 0.25) is 0 Å². The molecule has 1 aromatic heterocycles. The molecule has 1 aliphatic heterocycles. The summed E-state index contributed by atoms with van der Waals surface area (Å²) in [4.78, 5) is 19.1. The van der Waals surface area contributed by atoms with E-state index >= 15 is 0 Å². The highest BCUT2D eigenvalue weighted by atomic mass is 79.9. The molecule has 2 heterocycles. The molecule has 1 fully saturated rings. The normalized spacial score (nSPS) is 14.5. The zero-order chi connectivity index (χ0) is 19.7. The van der Waals surface area contributed by atoms with Crippen molar-refractivity contribution in [2.75, 3.05) is 18.4 Å². The quantitative estimate of drug-likeness (QED) is 0.605. The number of nitrogens with one attached hydrogen (secondary N) is 1. The number of carbonyl (C=O) groups excluding carboxylic acids is 1. The Balaban J connectivity index is 1.57. The van der Waals surface area contributed by atoms with Gasteiger partial charge in [0.1, 0.15) is 11.6 Å². The second-order valence-electron chi connectivity index (χ2n) is 6.93. The summed E-state index contributed by atoms with van der Waals surface area (Å²) in [7, 11) is 0. The summed E-state index contributed by atoms with van der Waals surface area (Å²) in [6.07, 6.45) is 4.19. The minimum atomic E-state index is -0.714. The maximum absolute atomic E-state index is 14.5. The van der Waals surface area contributed by atoms with Crippen LogP contribution in [-0.2, 0) is 6.54 Å². The second-order valence-corrected chi connectivity index (χ2v) is 7.85. The van der Waals surface area contributed by atoms with Gasteiger partial charge in [-0.2, -0.15) is 0 Å². The van der Waals surface area contributed by atoms with Gasteiger partial charge in [-0.25, -0.2) is 8.78 Å². The first-order chi connectivity index (χ1) is 13.5. The van der Waals surface area contributed by atoms with E-state index in [0.717, 1.165) is 25.2 Å². The summed E-state index contributed by atoms with van der Waals surface area (Å²) >= 11 is 3.14. The Morgan fingerprint density at radius 3 is 2.64 bits per heavy atom. The van der Waals surface area contributed by atoms with Crippen molar-refractivity contribution in [2.45, 2.75) is 19.4 Å². The standard InChI is InChI=1S/C21H18BrF2N3O/c22-15-3-4-16(17(23)9-15)21(28)26-20-10-19-14(8-18(20)24)7-13(11-25-19)12-27-5-1-2-6-27/h3-4,7-11H,1-2,5-6,12H2,(H,26,28). The van der Waals surface area contributed by atoms with Crippen molar-refractivity contribution >= 4 is 38.4 Å². The van der Waals surface area contributed by atoms with E-state index in [1.807, 2.05) is 6.07 Å². The molecule has 0 unspecified atom stereocenters. The first-order valence-electron chi connectivity index (χ1n) is 9.06. The SMILES string of the molecule is O=C(Nc1cc2ncc(CN3CCCC3)cc2cc1F)c1ccc(Br)cc1F. The fourth-order valence-corrected chi connectivity index (χ4v) is 3.77. The third-order valence-electron chi connectivity index (χ3n) is 4.86. The van der Waals surface area contributed by atoms with E-state index < -0.39 is 17.5 Å². The summed E-state index contributed by atoms with van der Waals surface area (Å²) < 4.78 is 29.0. The number of hydrogen-bond donors (Lipinski definition) is 1. The number of fused-ring (bicyclic) bond motifs is 1. The summed E-state index contributed by atoms with van der Waals surface area (Å²) in [6.45, 7) is 2.94. The average Bonchev–Trinajstić information content (AvgIpc) is 3.15. The number of anilines is 1. The van der Waals surface area contributed by atoms with Gasteiger partial charge in [0.15, 0.2) is 0 Å². The molecule has 0 bridgehead atoms. The molecular formula is C21H18BrF2N3O. The maximum atomic E-state index is 14.5. The summed E-state index contributed by atoms with van der Waals surface area (Å²) in [6, 6.07) is 8.83. The van der Waals surface area contributed by atoms with Crippen LogP contribution in [0.15, 0.2) is 47.1 Å². The van der Waals surface area contributed by atoms with Crippen molar-refractivity contribution in [1.82, 2.24) is 9.88 Å². The summed E-state index contributed by atoms with van der Waals surface area (Å²) in [5.74, 6) is -1.98. The van der Waals surface area contributed by atoms with E-state index in [2.05, 4.69) is 31.1 Å². The monoisotopic (exact) mass is 445 g/mol. The number of likely N-dealkylation sites (tertiary alicyclic amines) is 1.